The Hall–Kier alpha value is -1.19. The molecule has 2 fully saturated rings. The number of aliphatic imine (C=N–C) groups is 1. The van der Waals surface area contributed by atoms with Crippen LogP contribution in [0, 0.1) is 5.92 Å². The molecule has 8 heteroatoms. The summed E-state index contributed by atoms with van der Waals surface area (Å²) in [4.78, 5) is 4.16. The van der Waals surface area contributed by atoms with Crippen LogP contribution in [0.25, 0.3) is 0 Å². The normalized spacial score (nSPS) is 23.2. The van der Waals surface area contributed by atoms with Gasteiger partial charge in [-0.2, -0.15) is 0 Å². The summed E-state index contributed by atoms with van der Waals surface area (Å²) in [5.41, 5.74) is 0.583. The van der Waals surface area contributed by atoms with E-state index in [1.165, 1.54) is 18.9 Å². The summed E-state index contributed by atoms with van der Waals surface area (Å²) in [7, 11) is 1.69. The molecule has 2 atom stereocenters. The second-order valence-corrected chi connectivity index (χ2v) is 6.08. The van der Waals surface area contributed by atoms with Gasteiger partial charge in [0, 0.05) is 25.6 Å². The molecule has 2 N–H and O–H groups in total. The third-order valence-corrected chi connectivity index (χ3v) is 4.14. The number of hydrogen-bond donors (Lipinski definition) is 2. The highest BCUT2D eigenvalue weighted by atomic mass is 127. The van der Waals surface area contributed by atoms with Crippen molar-refractivity contribution in [2.75, 3.05) is 13.6 Å². The zero-order valence-corrected chi connectivity index (χ0v) is 15.6. The first kappa shape index (κ1) is 19.1. The largest absolute Gasteiger partial charge is 0.573 e. The maximum Gasteiger partial charge on any atom is 0.573 e. The van der Waals surface area contributed by atoms with E-state index in [0.717, 1.165) is 18.9 Å². The molecule has 1 aromatic rings. The van der Waals surface area contributed by atoms with Crippen LogP contribution < -0.4 is 15.4 Å². The molecule has 1 aromatic carbocycles. The second kappa shape index (κ2) is 7.79. The van der Waals surface area contributed by atoms with Crippen LogP contribution in [0.5, 0.6) is 5.75 Å². The van der Waals surface area contributed by atoms with E-state index in [1.807, 2.05) is 0 Å². The molecule has 2 aliphatic rings. The van der Waals surface area contributed by atoms with Gasteiger partial charge in [-0.05, 0) is 36.8 Å². The summed E-state index contributed by atoms with van der Waals surface area (Å²) in [5.74, 6) is 1.33. The van der Waals surface area contributed by atoms with Crippen molar-refractivity contribution in [1.82, 2.24) is 10.6 Å². The van der Waals surface area contributed by atoms with E-state index in [1.54, 1.807) is 25.2 Å². The number of ether oxygens (including phenoxy) is 1. The quantitative estimate of drug-likeness (QED) is 0.405. The monoisotopic (exact) mass is 455 g/mol. The van der Waals surface area contributed by atoms with Crippen LogP contribution in [0.15, 0.2) is 29.3 Å². The Labute approximate surface area is 156 Å². The Morgan fingerprint density at radius 3 is 2.62 bits per heavy atom. The molecule has 0 saturated heterocycles. The first-order valence-electron chi connectivity index (χ1n) is 7.78. The van der Waals surface area contributed by atoms with Gasteiger partial charge in [-0.1, -0.05) is 18.2 Å². The molecule has 3 rings (SSSR count). The van der Waals surface area contributed by atoms with Gasteiger partial charge in [0.1, 0.15) is 5.75 Å². The summed E-state index contributed by atoms with van der Waals surface area (Å²) in [6, 6.07) is 6.41. The molecular weight excluding hydrogens is 434 g/mol. The summed E-state index contributed by atoms with van der Waals surface area (Å²) in [6.45, 7) is 0.894. The van der Waals surface area contributed by atoms with Crippen LogP contribution in [-0.4, -0.2) is 32.0 Å². The van der Waals surface area contributed by atoms with Crippen LogP contribution >= 0.6 is 24.0 Å². The fourth-order valence-electron chi connectivity index (χ4n) is 2.64. The van der Waals surface area contributed by atoms with Gasteiger partial charge >= 0.3 is 6.36 Å². The number of benzene rings is 1. The molecule has 24 heavy (non-hydrogen) atoms. The van der Waals surface area contributed by atoms with Crippen LogP contribution in [0.1, 0.15) is 30.7 Å². The van der Waals surface area contributed by atoms with Crippen molar-refractivity contribution in [2.45, 2.75) is 37.6 Å². The van der Waals surface area contributed by atoms with E-state index in [9.17, 15) is 13.2 Å². The topological polar surface area (TPSA) is 45.7 Å². The molecule has 0 aliphatic heterocycles. The maximum absolute atomic E-state index is 12.5. The van der Waals surface area contributed by atoms with Crippen LogP contribution in [0.3, 0.4) is 0 Å². The molecule has 134 valence electrons. The highest BCUT2D eigenvalue weighted by molar-refractivity contribution is 14.0. The molecule has 2 aliphatic carbocycles. The molecule has 4 nitrogen and oxygen atoms in total. The van der Waals surface area contributed by atoms with Gasteiger partial charge in [-0.25, -0.2) is 0 Å². The van der Waals surface area contributed by atoms with Crippen molar-refractivity contribution >= 4 is 29.9 Å². The highest BCUT2D eigenvalue weighted by Crippen LogP contribution is 2.45. The molecule has 0 bridgehead atoms. The van der Waals surface area contributed by atoms with Gasteiger partial charge in [-0.15, -0.1) is 37.1 Å². The van der Waals surface area contributed by atoms with Crippen molar-refractivity contribution in [3.63, 3.8) is 0 Å². The van der Waals surface area contributed by atoms with Crippen molar-refractivity contribution in [2.24, 2.45) is 10.9 Å². The molecule has 0 radical (unpaired) electrons. The number of rotatable bonds is 5. The van der Waals surface area contributed by atoms with E-state index in [-0.39, 0.29) is 41.7 Å². The van der Waals surface area contributed by atoms with Crippen LogP contribution in [-0.2, 0) is 0 Å². The SMILES string of the molecule is CN=C(NCC1CC1)NC1CC1c1ccccc1OC(F)(F)F.I. The third kappa shape index (κ3) is 5.42. The van der Waals surface area contributed by atoms with Gasteiger partial charge < -0.3 is 15.4 Å². The van der Waals surface area contributed by atoms with E-state index in [4.69, 9.17) is 0 Å². The highest BCUT2D eigenvalue weighted by Gasteiger charge is 2.42. The minimum Gasteiger partial charge on any atom is -0.405 e. The predicted molar refractivity (Wildman–Crippen MR) is 96.9 cm³/mol. The Kier molecular flexibility index (Phi) is 6.22. The Bertz CT molecular complexity index is 590. The van der Waals surface area contributed by atoms with Crippen LogP contribution in [0.2, 0.25) is 0 Å². The second-order valence-electron chi connectivity index (χ2n) is 6.08. The lowest BCUT2D eigenvalue weighted by Gasteiger charge is -2.14. The number of guanidine groups is 1. The van der Waals surface area contributed by atoms with Crippen molar-refractivity contribution in [1.29, 1.82) is 0 Å². The fraction of sp³-hybridized carbons (Fsp3) is 0.562. The van der Waals surface area contributed by atoms with Crippen molar-refractivity contribution in [3.8, 4) is 5.75 Å². The molecule has 0 heterocycles. The van der Waals surface area contributed by atoms with Crippen LogP contribution in [0.4, 0.5) is 13.2 Å². The molecule has 2 unspecified atom stereocenters. The standard InChI is InChI=1S/C16H20F3N3O.HI/c1-20-15(21-9-10-6-7-10)22-13-8-12(13)11-4-2-3-5-14(11)23-16(17,18)19;/h2-5,10,12-13H,6-9H2,1H3,(H2,20,21,22);1H. The van der Waals surface area contributed by atoms with E-state index >= 15 is 0 Å². The lowest BCUT2D eigenvalue weighted by Crippen LogP contribution is -2.39. The van der Waals surface area contributed by atoms with E-state index < -0.39 is 6.36 Å². The Morgan fingerprint density at radius 2 is 2.00 bits per heavy atom. The summed E-state index contributed by atoms with van der Waals surface area (Å²) in [6.07, 6.45) is -1.41. The summed E-state index contributed by atoms with van der Waals surface area (Å²) in [5, 5.41) is 6.52. The number of halogens is 4. The number of para-hydroxylation sites is 1. The molecule has 2 saturated carbocycles. The zero-order chi connectivity index (χ0) is 16.4. The zero-order valence-electron chi connectivity index (χ0n) is 13.3. The molecule has 0 spiro atoms. The lowest BCUT2D eigenvalue weighted by molar-refractivity contribution is -0.274. The minimum absolute atomic E-state index is 0. The van der Waals surface area contributed by atoms with E-state index in [0.29, 0.717) is 11.5 Å². The van der Waals surface area contributed by atoms with E-state index in [2.05, 4.69) is 20.4 Å². The Morgan fingerprint density at radius 1 is 1.29 bits per heavy atom. The smallest absolute Gasteiger partial charge is 0.405 e. The number of nitrogens with one attached hydrogen (secondary N) is 2. The average Bonchev–Trinajstić information content (AvgIpc) is 3.38. The summed E-state index contributed by atoms with van der Waals surface area (Å²) >= 11 is 0. The third-order valence-electron chi connectivity index (χ3n) is 4.14. The minimum atomic E-state index is -4.67. The van der Waals surface area contributed by atoms with Crippen molar-refractivity contribution < 1.29 is 17.9 Å². The Balaban J connectivity index is 0.00000208. The first-order valence-corrected chi connectivity index (χ1v) is 7.78. The predicted octanol–water partition coefficient (Wildman–Crippen LogP) is 3.63. The number of alkyl halides is 3. The van der Waals surface area contributed by atoms with Gasteiger partial charge in [0.15, 0.2) is 5.96 Å². The van der Waals surface area contributed by atoms with Gasteiger partial charge in [0.05, 0.1) is 0 Å². The molecular formula is C16H21F3IN3O. The van der Waals surface area contributed by atoms with Gasteiger partial charge in [0.2, 0.25) is 0 Å². The maximum atomic E-state index is 12.5. The lowest BCUT2D eigenvalue weighted by atomic mass is 10.1. The number of hydrogen-bond acceptors (Lipinski definition) is 2. The first-order chi connectivity index (χ1) is 11.0. The van der Waals surface area contributed by atoms with Gasteiger partial charge in [-0.3, -0.25) is 4.99 Å². The van der Waals surface area contributed by atoms with Crippen molar-refractivity contribution in [3.05, 3.63) is 29.8 Å². The van der Waals surface area contributed by atoms with Gasteiger partial charge in [0.25, 0.3) is 0 Å². The summed E-state index contributed by atoms with van der Waals surface area (Å²) < 4.78 is 41.6. The average molecular weight is 455 g/mol. The number of nitrogens with zero attached hydrogens (tertiary/aromatic N) is 1. The molecule has 0 aromatic heterocycles. The molecule has 0 amide bonds. The fourth-order valence-corrected chi connectivity index (χ4v) is 2.64.